The molecule has 1 aliphatic heterocycles. The molecule has 2 N–H and O–H groups in total. The Kier molecular flexibility index (Phi) is 6.14. The summed E-state index contributed by atoms with van der Waals surface area (Å²) in [5.74, 6) is 0.0999. The molecular formula is C20H25N3O2. The number of carbonyl (C=O) groups is 1. The van der Waals surface area contributed by atoms with Gasteiger partial charge in [-0.05, 0) is 30.2 Å². The van der Waals surface area contributed by atoms with Crippen LogP contribution >= 0.6 is 0 Å². The van der Waals surface area contributed by atoms with E-state index < -0.39 is 0 Å². The Bertz CT molecular complexity index is 663. The third-order valence-corrected chi connectivity index (χ3v) is 4.76. The van der Waals surface area contributed by atoms with Crippen molar-refractivity contribution in [2.45, 2.75) is 25.4 Å². The minimum atomic E-state index is -0.0216. The summed E-state index contributed by atoms with van der Waals surface area (Å²) in [4.78, 5) is 18.8. The third-order valence-electron chi connectivity index (χ3n) is 4.76. The van der Waals surface area contributed by atoms with Gasteiger partial charge in [0, 0.05) is 44.0 Å². The number of likely N-dealkylation sites (tertiary alicyclic amines) is 1. The lowest BCUT2D eigenvalue weighted by molar-refractivity contribution is -0.122. The Morgan fingerprint density at radius 2 is 2.00 bits per heavy atom. The molecule has 0 radical (unpaired) electrons. The lowest BCUT2D eigenvalue weighted by Crippen LogP contribution is -2.53. The van der Waals surface area contributed by atoms with E-state index in [1.807, 2.05) is 30.3 Å². The standard InChI is InChI=1S/C20H25N3O2/c24-15-18-8-10-23(13-16-5-2-1-3-6-16)14-19(18)22-20(25)11-17-7-4-9-21-12-17/h1-7,9,12,18-19,24H,8,10-11,13-15H2,(H,22,25)/t18-,19-/m0/s1. The van der Waals surface area contributed by atoms with Crippen molar-refractivity contribution in [1.29, 1.82) is 0 Å². The molecule has 1 aliphatic rings. The first-order valence-corrected chi connectivity index (χ1v) is 8.80. The number of hydrogen-bond donors (Lipinski definition) is 2. The van der Waals surface area contributed by atoms with Crippen LogP contribution in [0.4, 0.5) is 0 Å². The van der Waals surface area contributed by atoms with E-state index in [1.54, 1.807) is 12.4 Å². The topological polar surface area (TPSA) is 65.5 Å². The first kappa shape index (κ1) is 17.6. The molecule has 2 heterocycles. The first-order valence-electron chi connectivity index (χ1n) is 8.80. The first-order chi connectivity index (χ1) is 12.2. The quantitative estimate of drug-likeness (QED) is 0.839. The number of amides is 1. The maximum atomic E-state index is 12.4. The molecule has 25 heavy (non-hydrogen) atoms. The van der Waals surface area contributed by atoms with Crippen molar-refractivity contribution in [3.05, 3.63) is 66.0 Å². The summed E-state index contributed by atoms with van der Waals surface area (Å²) in [5, 5.41) is 12.8. The molecule has 0 unspecified atom stereocenters. The van der Waals surface area contributed by atoms with Crippen molar-refractivity contribution in [3.63, 3.8) is 0 Å². The lowest BCUT2D eigenvalue weighted by Gasteiger charge is -2.38. The Morgan fingerprint density at radius 3 is 2.72 bits per heavy atom. The molecule has 0 saturated carbocycles. The number of nitrogens with zero attached hydrogens (tertiary/aromatic N) is 2. The highest BCUT2D eigenvalue weighted by Gasteiger charge is 2.29. The third kappa shape index (κ3) is 5.11. The number of hydrogen-bond acceptors (Lipinski definition) is 4. The summed E-state index contributed by atoms with van der Waals surface area (Å²) < 4.78 is 0. The maximum Gasteiger partial charge on any atom is 0.224 e. The SMILES string of the molecule is O=C(Cc1cccnc1)N[C@H]1CN(Cc2ccccc2)CC[C@H]1CO. The zero-order chi connectivity index (χ0) is 17.5. The fraction of sp³-hybridized carbons (Fsp3) is 0.400. The van der Waals surface area contributed by atoms with Crippen molar-refractivity contribution in [3.8, 4) is 0 Å². The minimum Gasteiger partial charge on any atom is -0.396 e. The molecule has 5 heteroatoms. The van der Waals surface area contributed by atoms with Gasteiger partial charge in [0.15, 0.2) is 0 Å². The number of piperidine rings is 1. The van der Waals surface area contributed by atoms with Gasteiger partial charge in [-0.15, -0.1) is 0 Å². The fourth-order valence-corrected chi connectivity index (χ4v) is 3.38. The van der Waals surface area contributed by atoms with Gasteiger partial charge in [0.05, 0.1) is 6.42 Å². The van der Waals surface area contributed by atoms with Gasteiger partial charge in [-0.3, -0.25) is 14.7 Å². The normalized spacial score (nSPS) is 21.0. The van der Waals surface area contributed by atoms with Crippen molar-refractivity contribution >= 4 is 5.91 Å². The van der Waals surface area contributed by atoms with E-state index in [1.165, 1.54) is 5.56 Å². The molecule has 5 nitrogen and oxygen atoms in total. The molecule has 1 amide bonds. The van der Waals surface area contributed by atoms with E-state index in [4.69, 9.17) is 0 Å². The second kappa shape index (κ2) is 8.74. The lowest BCUT2D eigenvalue weighted by atomic mass is 9.91. The zero-order valence-corrected chi connectivity index (χ0v) is 14.3. The van der Waals surface area contributed by atoms with Gasteiger partial charge in [0.25, 0.3) is 0 Å². The van der Waals surface area contributed by atoms with E-state index in [2.05, 4.69) is 27.3 Å². The van der Waals surface area contributed by atoms with Crippen LogP contribution in [0.2, 0.25) is 0 Å². The Balaban J connectivity index is 1.58. The van der Waals surface area contributed by atoms with Crippen molar-refractivity contribution in [1.82, 2.24) is 15.2 Å². The van der Waals surface area contributed by atoms with Gasteiger partial charge < -0.3 is 10.4 Å². The minimum absolute atomic E-state index is 0.0157. The van der Waals surface area contributed by atoms with Crippen molar-refractivity contribution in [2.24, 2.45) is 5.92 Å². The van der Waals surface area contributed by atoms with Gasteiger partial charge in [0.1, 0.15) is 0 Å². The van der Waals surface area contributed by atoms with Gasteiger partial charge in [-0.1, -0.05) is 36.4 Å². The predicted octanol–water partition coefficient (Wildman–Crippen LogP) is 1.62. The number of rotatable bonds is 6. The number of aromatic nitrogens is 1. The molecule has 3 rings (SSSR count). The van der Waals surface area contributed by atoms with E-state index in [0.29, 0.717) is 6.42 Å². The smallest absolute Gasteiger partial charge is 0.224 e. The molecule has 1 aromatic carbocycles. The van der Waals surface area contributed by atoms with Crippen LogP contribution in [0.15, 0.2) is 54.9 Å². The molecule has 0 spiro atoms. The summed E-state index contributed by atoms with van der Waals surface area (Å²) in [7, 11) is 0. The summed E-state index contributed by atoms with van der Waals surface area (Å²) in [5.41, 5.74) is 2.17. The Morgan fingerprint density at radius 1 is 1.20 bits per heavy atom. The number of pyridine rings is 1. The summed E-state index contributed by atoms with van der Waals surface area (Å²) in [6, 6.07) is 14.1. The number of aliphatic hydroxyl groups is 1. The second-order valence-electron chi connectivity index (χ2n) is 6.66. The van der Waals surface area contributed by atoms with Crippen LogP contribution in [0.25, 0.3) is 0 Å². The molecule has 1 aromatic heterocycles. The highest BCUT2D eigenvalue weighted by molar-refractivity contribution is 5.78. The molecule has 1 fully saturated rings. The van der Waals surface area contributed by atoms with Gasteiger partial charge in [-0.25, -0.2) is 0 Å². The van der Waals surface area contributed by atoms with E-state index >= 15 is 0 Å². The van der Waals surface area contributed by atoms with Crippen molar-refractivity contribution in [2.75, 3.05) is 19.7 Å². The molecule has 0 aliphatic carbocycles. The highest BCUT2D eigenvalue weighted by atomic mass is 16.3. The summed E-state index contributed by atoms with van der Waals surface area (Å²) >= 11 is 0. The van der Waals surface area contributed by atoms with E-state index in [0.717, 1.165) is 31.6 Å². The monoisotopic (exact) mass is 339 g/mol. The average molecular weight is 339 g/mol. The summed E-state index contributed by atoms with van der Waals surface area (Å²) in [6.07, 6.45) is 4.62. The van der Waals surface area contributed by atoms with Gasteiger partial charge in [0.2, 0.25) is 5.91 Å². The Labute approximate surface area is 148 Å². The molecule has 2 atom stereocenters. The Hall–Kier alpha value is -2.24. The van der Waals surface area contributed by atoms with Crippen LogP contribution in [-0.2, 0) is 17.8 Å². The summed E-state index contributed by atoms with van der Waals surface area (Å²) in [6.45, 7) is 2.68. The molecule has 1 saturated heterocycles. The number of benzene rings is 1. The number of aliphatic hydroxyl groups excluding tert-OH is 1. The highest BCUT2D eigenvalue weighted by Crippen LogP contribution is 2.19. The predicted molar refractivity (Wildman–Crippen MR) is 96.8 cm³/mol. The second-order valence-corrected chi connectivity index (χ2v) is 6.66. The molecule has 0 bridgehead atoms. The van der Waals surface area contributed by atoms with Crippen LogP contribution in [-0.4, -0.2) is 46.6 Å². The zero-order valence-electron chi connectivity index (χ0n) is 14.3. The number of carbonyl (C=O) groups excluding carboxylic acids is 1. The fourth-order valence-electron chi connectivity index (χ4n) is 3.38. The average Bonchev–Trinajstić information content (AvgIpc) is 2.63. The van der Waals surface area contributed by atoms with Gasteiger partial charge in [-0.2, -0.15) is 0 Å². The maximum absolute atomic E-state index is 12.4. The largest absolute Gasteiger partial charge is 0.396 e. The van der Waals surface area contributed by atoms with Crippen LogP contribution in [0.1, 0.15) is 17.5 Å². The van der Waals surface area contributed by atoms with Crippen LogP contribution < -0.4 is 5.32 Å². The van der Waals surface area contributed by atoms with E-state index in [-0.39, 0.29) is 24.5 Å². The molecule has 132 valence electrons. The number of nitrogens with one attached hydrogen (secondary N) is 1. The van der Waals surface area contributed by atoms with E-state index in [9.17, 15) is 9.90 Å². The van der Waals surface area contributed by atoms with Gasteiger partial charge >= 0.3 is 0 Å². The van der Waals surface area contributed by atoms with Crippen LogP contribution in [0.3, 0.4) is 0 Å². The molecule has 2 aromatic rings. The van der Waals surface area contributed by atoms with Crippen molar-refractivity contribution < 1.29 is 9.90 Å². The van der Waals surface area contributed by atoms with Crippen LogP contribution in [0, 0.1) is 5.92 Å². The molecular weight excluding hydrogens is 314 g/mol. The van der Waals surface area contributed by atoms with Crippen LogP contribution in [0.5, 0.6) is 0 Å².